The summed E-state index contributed by atoms with van der Waals surface area (Å²) in [5, 5.41) is 5.79. The molecule has 0 unspecified atom stereocenters. The predicted molar refractivity (Wildman–Crippen MR) is 97.5 cm³/mol. The molecule has 140 valence electrons. The van der Waals surface area contributed by atoms with Crippen LogP contribution in [0, 0.1) is 12.8 Å². The summed E-state index contributed by atoms with van der Waals surface area (Å²) in [7, 11) is 2.44. The fourth-order valence-corrected chi connectivity index (χ4v) is 2.85. The number of amides is 1. The van der Waals surface area contributed by atoms with E-state index in [-0.39, 0.29) is 17.5 Å². The standard InChI is InChI=1S/C19H24N2O5/c1-12-8-9-14(20-16(19(24)26-3)11-17(22)25-2)10-15(12)21-18(23)13-6-4-5-7-13/h8-11,13,20H,4-7H2,1-3H3,(H,21,23)/b16-11+. The summed E-state index contributed by atoms with van der Waals surface area (Å²) >= 11 is 0. The van der Waals surface area contributed by atoms with Crippen LogP contribution in [0.2, 0.25) is 0 Å². The zero-order chi connectivity index (χ0) is 19.1. The minimum Gasteiger partial charge on any atom is -0.466 e. The minimum atomic E-state index is -0.701. The maximum absolute atomic E-state index is 12.4. The first-order chi connectivity index (χ1) is 12.4. The Morgan fingerprint density at radius 1 is 1.08 bits per heavy atom. The molecule has 2 rings (SSSR count). The van der Waals surface area contributed by atoms with Crippen LogP contribution < -0.4 is 10.6 Å². The molecule has 0 bridgehead atoms. The highest BCUT2D eigenvalue weighted by Gasteiger charge is 2.23. The fraction of sp³-hybridized carbons (Fsp3) is 0.421. The van der Waals surface area contributed by atoms with Crippen LogP contribution in [0.1, 0.15) is 31.2 Å². The van der Waals surface area contributed by atoms with Gasteiger partial charge in [-0.05, 0) is 37.5 Å². The number of aryl methyl sites for hydroxylation is 1. The van der Waals surface area contributed by atoms with Crippen LogP contribution in [0.15, 0.2) is 30.0 Å². The summed E-state index contributed by atoms with van der Waals surface area (Å²) in [6.07, 6.45) is 5.01. The first kappa shape index (κ1) is 19.5. The van der Waals surface area contributed by atoms with Gasteiger partial charge in [-0.15, -0.1) is 0 Å². The van der Waals surface area contributed by atoms with Crippen molar-refractivity contribution in [3.63, 3.8) is 0 Å². The molecular formula is C19H24N2O5. The molecule has 1 aliphatic rings. The second-order valence-electron chi connectivity index (χ2n) is 6.20. The third kappa shape index (κ3) is 5.08. The van der Waals surface area contributed by atoms with Gasteiger partial charge in [-0.3, -0.25) is 4.79 Å². The van der Waals surface area contributed by atoms with Crippen molar-refractivity contribution in [3.8, 4) is 0 Å². The molecule has 0 atom stereocenters. The van der Waals surface area contributed by atoms with E-state index in [2.05, 4.69) is 20.1 Å². The Balaban J connectivity index is 2.18. The van der Waals surface area contributed by atoms with Gasteiger partial charge in [0.2, 0.25) is 5.91 Å². The molecule has 0 heterocycles. The highest BCUT2D eigenvalue weighted by atomic mass is 16.5. The number of esters is 2. The van der Waals surface area contributed by atoms with Crippen molar-refractivity contribution >= 4 is 29.2 Å². The van der Waals surface area contributed by atoms with E-state index >= 15 is 0 Å². The topological polar surface area (TPSA) is 93.7 Å². The number of carbonyl (C=O) groups is 3. The van der Waals surface area contributed by atoms with Gasteiger partial charge in [-0.1, -0.05) is 18.9 Å². The first-order valence-electron chi connectivity index (χ1n) is 8.51. The Kier molecular flexibility index (Phi) is 6.77. The Bertz CT molecular complexity index is 721. The molecule has 0 aromatic heterocycles. The molecule has 1 saturated carbocycles. The number of nitrogens with one attached hydrogen (secondary N) is 2. The Hall–Kier alpha value is -2.83. The van der Waals surface area contributed by atoms with E-state index in [1.54, 1.807) is 12.1 Å². The van der Waals surface area contributed by atoms with Gasteiger partial charge in [0.25, 0.3) is 0 Å². The highest BCUT2D eigenvalue weighted by molar-refractivity contribution is 5.99. The van der Waals surface area contributed by atoms with Crippen molar-refractivity contribution in [1.29, 1.82) is 0 Å². The number of methoxy groups -OCH3 is 2. The number of carbonyl (C=O) groups excluding carboxylic acids is 3. The quantitative estimate of drug-likeness (QED) is 0.598. The van der Waals surface area contributed by atoms with E-state index in [0.29, 0.717) is 11.4 Å². The zero-order valence-electron chi connectivity index (χ0n) is 15.3. The van der Waals surface area contributed by atoms with Crippen LogP contribution in [0.4, 0.5) is 11.4 Å². The number of ether oxygens (including phenoxy) is 2. The average Bonchev–Trinajstić information content (AvgIpc) is 3.17. The van der Waals surface area contributed by atoms with E-state index in [1.807, 2.05) is 13.0 Å². The maximum atomic E-state index is 12.4. The normalized spacial score (nSPS) is 14.7. The van der Waals surface area contributed by atoms with Crippen molar-refractivity contribution in [2.24, 2.45) is 5.92 Å². The summed E-state index contributed by atoms with van der Waals surface area (Å²) in [6, 6.07) is 5.28. The molecule has 0 radical (unpaired) electrons. The second-order valence-corrected chi connectivity index (χ2v) is 6.20. The fourth-order valence-electron chi connectivity index (χ4n) is 2.85. The lowest BCUT2D eigenvalue weighted by Crippen LogP contribution is -2.21. The molecule has 7 heteroatoms. The summed E-state index contributed by atoms with van der Waals surface area (Å²) in [5.41, 5.74) is 2.04. The Morgan fingerprint density at radius 2 is 1.77 bits per heavy atom. The van der Waals surface area contributed by atoms with E-state index in [4.69, 9.17) is 0 Å². The van der Waals surface area contributed by atoms with E-state index in [1.165, 1.54) is 14.2 Å². The monoisotopic (exact) mass is 360 g/mol. The minimum absolute atomic E-state index is 0.0149. The van der Waals surface area contributed by atoms with Gasteiger partial charge >= 0.3 is 11.9 Å². The van der Waals surface area contributed by atoms with Crippen LogP contribution >= 0.6 is 0 Å². The number of hydrogen-bond donors (Lipinski definition) is 2. The lowest BCUT2D eigenvalue weighted by Gasteiger charge is -2.15. The van der Waals surface area contributed by atoms with Crippen molar-refractivity contribution in [3.05, 3.63) is 35.5 Å². The maximum Gasteiger partial charge on any atom is 0.354 e. The lowest BCUT2D eigenvalue weighted by molar-refractivity contribution is -0.138. The van der Waals surface area contributed by atoms with Crippen molar-refractivity contribution in [2.45, 2.75) is 32.6 Å². The Labute approximate surface area is 152 Å². The summed E-state index contributed by atoms with van der Waals surface area (Å²) < 4.78 is 9.21. The molecule has 0 spiro atoms. The summed E-state index contributed by atoms with van der Waals surface area (Å²) in [4.78, 5) is 35.6. The van der Waals surface area contributed by atoms with Gasteiger partial charge in [0.1, 0.15) is 5.70 Å². The van der Waals surface area contributed by atoms with Crippen molar-refractivity contribution in [2.75, 3.05) is 24.9 Å². The van der Waals surface area contributed by atoms with Gasteiger partial charge in [-0.2, -0.15) is 0 Å². The van der Waals surface area contributed by atoms with Crippen molar-refractivity contribution < 1.29 is 23.9 Å². The van der Waals surface area contributed by atoms with Gasteiger partial charge in [0.05, 0.1) is 20.3 Å². The number of rotatable bonds is 6. The SMILES string of the molecule is COC(=O)/C=C(/Nc1ccc(C)c(NC(=O)C2CCCC2)c1)C(=O)OC. The summed E-state index contributed by atoms with van der Waals surface area (Å²) in [5.74, 6) is -1.32. The van der Waals surface area contributed by atoms with Crippen LogP contribution in [-0.2, 0) is 23.9 Å². The smallest absolute Gasteiger partial charge is 0.354 e. The van der Waals surface area contributed by atoms with Gasteiger partial charge < -0.3 is 20.1 Å². The van der Waals surface area contributed by atoms with Crippen LogP contribution in [-0.4, -0.2) is 32.1 Å². The molecule has 7 nitrogen and oxygen atoms in total. The highest BCUT2D eigenvalue weighted by Crippen LogP contribution is 2.28. The molecule has 26 heavy (non-hydrogen) atoms. The molecule has 1 amide bonds. The third-order valence-electron chi connectivity index (χ3n) is 4.37. The van der Waals surface area contributed by atoms with E-state index in [0.717, 1.165) is 37.3 Å². The summed E-state index contributed by atoms with van der Waals surface area (Å²) in [6.45, 7) is 1.89. The largest absolute Gasteiger partial charge is 0.466 e. The Morgan fingerprint density at radius 3 is 2.38 bits per heavy atom. The first-order valence-corrected chi connectivity index (χ1v) is 8.51. The second kappa shape index (κ2) is 9.03. The van der Waals surface area contributed by atoms with Crippen LogP contribution in [0.25, 0.3) is 0 Å². The predicted octanol–water partition coefficient (Wildman–Crippen LogP) is 2.77. The van der Waals surface area contributed by atoms with Gasteiger partial charge in [0, 0.05) is 17.3 Å². The molecule has 0 saturated heterocycles. The molecule has 1 fully saturated rings. The number of anilines is 2. The molecule has 1 aliphatic carbocycles. The molecule has 2 N–H and O–H groups in total. The van der Waals surface area contributed by atoms with Crippen LogP contribution in [0.5, 0.6) is 0 Å². The molecule has 0 aliphatic heterocycles. The van der Waals surface area contributed by atoms with Gasteiger partial charge in [-0.25, -0.2) is 9.59 Å². The van der Waals surface area contributed by atoms with E-state index in [9.17, 15) is 14.4 Å². The van der Waals surface area contributed by atoms with Crippen molar-refractivity contribution in [1.82, 2.24) is 0 Å². The average molecular weight is 360 g/mol. The molecular weight excluding hydrogens is 336 g/mol. The third-order valence-corrected chi connectivity index (χ3v) is 4.37. The zero-order valence-corrected chi connectivity index (χ0v) is 15.3. The molecule has 1 aromatic carbocycles. The van der Waals surface area contributed by atoms with Crippen LogP contribution in [0.3, 0.4) is 0 Å². The van der Waals surface area contributed by atoms with Gasteiger partial charge in [0.15, 0.2) is 0 Å². The number of hydrogen-bond acceptors (Lipinski definition) is 6. The van der Waals surface area contributed by atoms with E-state index < -0.39 is 11.9 Å². The number of benzene rings is 1. The molecule has 1 aromatic rings. The lowest BCUT2D eigenvalue weighted by atomic mass is 10.1.